The normalized spacial score (nSPS) is 15.7. The summed E-state index contributed by atoms with van der Waals surface area (Å²) >= 11 is 0. The first kappa shape index (κ1) is 29.5. The number of halogens is 6. The Balaban J connectivity index is 0.000000532. The lowest BCUT2D eigenvalue weighted by atomic mass is 10.1. The van der Waals surface area contributed by atoms with Gasteiger partial charge in [-0.3, -0.25) is 4.79 Å². The number of fused-ring (bicyclic) bond motifs is 1. The highest BCUT2D eigenvalue weighted by molar-refractivity contribution is 6.08. The molecule has 1 fully saturated rings. The molecule has 39 heavy (non-hydrogen) atoms. The number of carboxylic acids is 1. The molecule has 1 aliphatic rings. The lowest BCUT2D eigenvalue weighted by Crippen LogP contribution is -2.38. The highest BCUT2D eigenvalue weighted by atomic mass is 19.4. The average molecular weight is 561 g/mol. The molecule has 0 unspecified atom stereocenters. The van der Waals surface area contributed by atoms with Crippen LogP contribution in [0, 0.1) is 0 Å². The van der Waals surface area contributed by atoms with Gasteiger partial charge in [0.1, 0.15) is 11.4 Å². The monoisotopic (exact) mass is 561 g/mol. The quantitative estimate of drug-likeness (QED) is 0.347. The summed E-state index contributed by atoms with van der Waals surface area (Å²) in [6, 6.07) is 5.73. The maximum atomic E-state index is 13.6. The largest absolute Gasteiger partial charge is 0.490 e. The third kappa shape index (κ3) is 7.72. The van der Waals surface area contributed by atoms with Crippen molar-refractivity contribution in [3.63, 3.8) is 0 Å². The van der Waals surface area contributed by atoms with Gasteiger partial charge in [-0.05, 0) is 43.7 Å². The minimum absolute atomic E-state index is 0.0835. The Morgan fingerprint density at radius 1 is 1.15 bits per heavy atom. The fraction of sp³-hybridized carbons (Fsp3) is 0.391. The van der Waals surface area contributed by atoms with E-state index in [-0.39, 0.29) is 22.9 Å². The van der Waals surface area contributed by atoms with Gasteiger partial charge in [-0.2, -0.15) is 31.4 Å². The fourth-order valence-corrected chi connectivity index (χ4v) is 3.64. The molecule has 1 aromatic carbocycles. The Morgan fingerprint density at radius 2 is 1.85 bits per heavy atom. The van der Waals surface area contributed by atoms with Crippen molar-refractivity contribution in [3.05, 3.63) is 47.8 Å². The number of nitrogens with zero attached hydrogens (tertiary/aromatic N) is 4. The molecule has 1 amide bonds. The molecule has 0 bridgehead atoms. The minimum Gasteiger partial charge on any atom is -0.475 e. The smallest absolute Gasteiger partial charge is 0.475 e. The number of hydrogen-bond donors (Lipinski definition) is 4. The maximum Gasteiger partial charge on any atom is 0.490 e. The molecule has 0 radical (unpaired) electrons. The SMILES string of the molecule is CN(C)c1ccc(NC(=O)c2cnn3ccc(N[C@@H]4CCCNC4)nc23)c(C(F)(F)F)c1.O=C(O)C(F)(F)F. The molecule has 0 spiro atoms. The van der Waals surface area contributed by atoms with Crippen molar-refractivity contribution in [2.45, 2.75) is 31.2 Å². The van der Waals surface area contributed by atoms with E-state index in [0.29, 0.717) is 11.5 Å². The van der Waals surface area contributed by atoms with Crippen LogP contribution in [-0.2, 0) is 11.0 Å². The van der Waals surface area contributed by atoms with E-state index < -0.39 is 29.8 Å². The van der Waals surface area contributed by atoms with E-state index in [1.54, 1.807) is 31.3 Å². The first-order valence-corrected chi connectivity index (χ1v) is 11.5. The number of carbonyl (C=O) groups excluding carboxylic acids is 1. The molecule has 16 heteroatoms. The average Bonchev–Trinajstić information content (AvgIpc) is 3.27. The second kappa shape index (κ2) is 11.8. The summed E-state index contributed by atoms with van der Waals surface area (Å²) in [6.07, 6.45) is -4.71. The first-order chi connectivity index (χ1) is 18.2. The van der Waals surface area contributed by atoms with Gasteiger partial charge < -0.3 is 26.0 Å². The minimum atomic E-state index is -5.08. The Kier molecular flexibility index (Phi) is 8.88. The molecular weight excluding hydrogens is 536 g/mol. The molecule has 4 rings (SSSR count). The number of aliphatic carboxylic acids is 1. The summed E-state index contributed by atoms with van der Waals surface area (Å²) in [5.74, 6) is -2.90. The van der Waals surface area contributed by atoms with Crippen LogP contribution in [0.25, 0.3) is 5.65 Å². The summed E-state index contributed by atoms with van der Waals surface area (Å²) in [4.78, 5) is 27.8. The van der Waals surface area contributed by atoms with Crippen molar-refractivity contribution in [2.75, 3.05) is 42.7 Å². The van der Waals surface area contributed by atoms with Gasteiger partial charge in [-0.25, -0.2) is 14.3 Å². The molecule has 212 valence electrons. The zero-order chi connectivity index (χ0) is 29.0. The van der Waals surface area contributed by atoms with E-state index in [4.69, 9.17) is 9.90 Å². The van der Waals surface area contributed by atoms with Crippen LogP contribution in [0.2, 0.25) is 0 Å². The van der Waals surface area contributed by atoms with Crippen LogP contribution >= 0.6 is 0 Å². The van der Waals surface area contributed by atoms with Crippen molar-refractivity contribution in [2.24, 2.45) is 0 Å². The molecule has 10 nitrogen and oxygen atoms in total. The standard InChI is InChI=1S/C21H24F3N7O.C2HF3O2/c1-30(2)14-5-6-17(16(10-14)21(22,23)24)28-20(32)15-12-26-31-9-7-18(29-19(15)31)27-13-4-3-8-25-11-13;3-2(4,5)1(6)7/h5-7,9-10,12-13,25H,3-4,8,11H2,1-2H3,(H,27,29)(H,28,32);(H,6,7)/t13-;/m1./s1. The molecule has 0 aliphatic carbocycles. The van der Waals surface area contributed by atoms with E-state index in [2.05, 4.69) is 26.0 Å². The Morgan fingerprint density at radius 3 is 2.41 bits per heavy atom. The lowest BCUT2D eigenvalue weighted by Gasteiger charge is -2.24. The number of piperidine rings is 1. The van der Waals surface area contributed by atoms with E-state index in [9.17, 15) is 31.1 Å². The molecular formula is C23H25F6N7O3. The summed E-state index contributed by atoms with van der Waals surface area (Å²) in [5, 5.41) is 20.2. The number of alkyl halides is 6. The van der Waals surface area contributed by atoms with E-state index in [1.807, 2.05) is 0 Å². The second-order valence-corrected chi connectivity index (χ2v) is 8.71. The molecule has 0 saturated carbocycles. The molecule has 3 heterocycles. The van der Waals surface area contributed by atoms with Crippen LogP contribution in [0.1, 0.15) is 28.8 Å². The Hall–Kier alpha value is -4.08. The topological polar surface area (TPSA) is 124 Å². The summed E-state index contributed by atoms with van der Waals surface area (Å²) in [5.41, 5.74) is -0.528. The van der Waals surface area contributed by atoms with Gasteiger partial charge in [0.05, 0.1) is 17.4 Å². The van der Waals surface area contributed by atoms with Crippen molar-refractivity contribution in [1.82, 2.24) is 19.9 Å². The highest BCUT2D eigenvalue weighted by Crippen LogP contribution is 2.37. The first-order valence-electron chi connectivity index (χ1n) is 11.5. The summed E-state index contributed by atoms with van der Waals surface area (Å²) in [6.45, 7) is 1.79. The van der Waals surface area contributed by atoms with E-state index in [1.165, 1.54) is 22.8 Å². The summed E-state index contributed by atoms with van der Waals surface area (Å²) in [7, 11) is 3.29. The van der Waals surface area contributed by atoms with Crippen molar-refractivity contribution in [3.8, 4) is 0 Å². The van der Waals surface area contributed by atoms with Crippen LogP contribution < -0.4 is 20.9 Å². The van der Waals surface area contributed by atoms with Gasteiger partial charge in [0.15, 0.2) is 5.65 Å². The Labute approximate surface area is 218 Å². The number of hydrogen-bond acceptors (Lipinski definition) is 7. The van der Waals surface area contributed by atoms with E-state index >= 15 is 0 Å². The summed E-state index contributed by atoms with van der Waals surface area (Å²) < 4.78 is 74.0. The second-order valence-electron chi connectivity index (χ2n) is 8.71. The van der Waals surface area contributed by atoms with Crippen LogP contribution in [0.15, 0.2) is 36.7 Å². The number of nitrogens with one attached hydrogen (secondary N) is 3. The molecule has 2 aromatic heterocycles. The number of carboxylic acid groups (broad SMARTS) is 1. The van der Waals surface area contributed by atoms with Crippen molar-refractivity contribution >= 4 is 34.7 Å². The molecule has 3 aromatic rings. The zero-order valence-corrected chi connectivity index (χ0v) is 20.7. The predicted molar refractivity (Wildman–Crippen MR) is 130 cm³/mol. The molecule has 4 N–H and O–H groups in total. The van der Waals surface area contributed by atoms with Gasteiger partial charge in [0, 0.05) is 38.6 Å². The number of benzene rings is 1. The van der Waals surface area contributed by atoms with E-state index in [0.717, 1.165) is 32.0 Å². The van der Waals surface area contributed by atoms with Crippen LogP contribution in [-0.4, -0.2) is 71.0 Å². The Bertz CT molecular complexity index is 1320. The van der Waals surface area contributed by atoms with Crippen LogP contribution in [0.3, 0.4) is 0 Å². The third-order valence-corrected chi connectivity index (χ3v) is 5.58. The van der Waals surface area contributed by atoms with Crippen molar-refractivity contribution < 1.29 is 41.0 Å². The number of rotatable bonds is 5. The van der Waals surface area contributed by atoms with Gasteiger partial charge in [-0.1, -0.05) is 0 Å². The third-order valence-electron chi connectivity index (χ3n) is 5.58. The van der Waals surface area contributed by atoms with Gasteiger partial charge in [0.2, 0.25) is 0 Å². The molecule has 1 aliphatic heterocycles. The number of anilines is 3. The number of carbonyl (C=O) groups is 2. The van der Waals surface area contributed by atoms with Gasteiger partial charge in [0.25, 0.3) is 5.91 Å². The molecule has 1 saturated heterocycles. The van der Waals surface area contributed by atoms with Crippen LogP contribution in [0.4, 0.5) is 43.5 Å². The van der Waals surface area contributed by atoms with Gasteiger partial charge >= 0.3 is 18.3 Å². The molecule has 1 atom stereocenters. The maximum absolute atomic E-state index is 13.6. The van der Waals surface area contributed by atoms with Crippen LogP contribution in [0.5, 0.6) is 0 Å². The number of amides is 1. The predicted octanol–water partition coefficient (Wildman–Crippen LogP) is 3.86. The van der Waals surface area contributed by atoms with Gasteiger partial charge in [-0.15, -0.1) is 0 Å². The zero-order valence-electron chi connectivity index (χ0n) is 20.7. The number of aromatic nitrogens is 3. The van der Waals surface area contributed by atoms with Crippen molar-refractivity contribution in [1.29, 1.82) is 0 Å². The fourth-order valence-electron chi connectivity index (χ4n) is 3.64. The highest BCUT2D eigenvalue weighted by Gasteiger charge is 2.38. The lowest BCUT2D eigenvalue weighted by molar-refractivity contribution is -0.192.